The van der Waals surface area contributed by atoms with Crippen LogP contribution in [0.15, 0.2) is 31.8 Å². The van der Waals surface area contributed by atoms with E-state index in [2.05, 4.69) is 44.1 Å². The largest absolute Gasteiger partial charge is 0.306 e. The van der Waals surface area contributed by atoms with Crippen molar-refractivity contribution in [1.82, 2.24) is 5.32 Å². The summed E-state index contributed by atoms with van der Waals surface area (Å²) in [5, 5.41) is 3.37. The molecule has 1 atom stereocenters. The molecule has 0 aliphatic carbocycles. The minimum atomic E-state index is -0.825. The topological polar surface area (TPSA) is 12.0 Å². The molecule has 1 N–H and O–H groups in total. The van der Waals surface area contributed by atoms with Crippen molar-refractivity contribution >= 4 is 43.2 Å². The molecule has 1 aromatic heterocycles. The van der Waals surface area contributed by atoms with Crippen molar-refractivity contribution in [3.8, 4) is 0 Å². The molecule has 0 aliphatic heterocycles. The lowest BCUT2D eigenvalue weighted by atomic mass is 10.0. The van der Waals surface area contributed by atoms with Gasteiger partial charge in [-0.05, 0) is 74.2 Å². The van der Waals surface area contributed by atoms with Crippen molar-refractivity contribution in [3.05, 3.63) is 54.6 Å². The first-order valence-corrected chi connectivity index (χ1v) is 8.56. The average molecular weight is 425 g/mol. The Balaban J connectivity index is 2.41. The molecule has 0 amide bonds. The summed E-state index contributed by atoms with van der Waals surface area (Å²) in [6, 6.07) is 5.86. The average Bonchev–Trinajstić information content (AvgIpc) is 2.73. The molecule has 0 saturated carbocycles. The van der Waals surface area contributed by atoms with Crippen molar-refractivity contribution in [1.29, 1.82) is 0 Å². The van der Waals surface area contributed by atoms with Crippen molar-refractivity contribution < 1.29 is 8.78 Å². The van der Waals surface area contributed by atoms with E-state index >= 15 is 0 Å². The molecule has 1 unspecified atom stereocenters. The molecule has 0 fully saturated rings. The molecule has 2 aromatic rings. The zero-order valence-electron chi connectivity index (χ0n) is 10.7. The highest BCUT2D eigenvalue weighted by Crippen LogP contribution is 2.38. The van der Waals surface area contributed by atoms with Gasteiger partial charge in [0, 0.05) is 0 Å². The van der Waals surface area contributed by atoms with Crippen molar-refractivity contribution in [2.45, 2.75) is 19.4 Å². The SMILES string of the molecule is CCCNC(c1ccc(F)c(F)c1)c1cc(Br)sc1Br. The lowest BCUT2D eigenvalue weighted by Gasteiger charge is -2.19. The minimum absolute atomic E-state index is 0.165. The standard InChI is InChI=1S/C14H13Br2F2NS/c1-2-5-19-13(9-7-12(15)20-14(9)16)8-3-4-10(17)11(18)6-8/h3-4,6-7,13,19H,2,5H2,1H3. The first-order valence-electron chi connectivity index (χ1n) is 6.16. The number of thiophene rings is 1. The lowest BCUT2D eigenvalue weighted by molar-refractivity contribution is 0.503. The Kier molecular flexibility index (Phi) is 5.72. The Morgan fingerprint density at radius 3 is 2.50 bits per heavy atom. The summed E-state index contributed by atoms with van der Waals surface area (Å²) >= 11 is 8.52. The summed E-state index contributed by atoms with van der Waals surface area (Å²) in [5.41, 5.74) is 1.73. The summed E-state index contributed by atoms with van der Waals surface area (Å²) in [6.45, 7) is 2.86. The van der Waals surface area contributed by atoms with Crippen LogP contribution in [0.3, 0.4) is 0 Å². The predicted molar refractivity (Wildman–Crippen MR) is 86.2 cm³/mol. The van der Waals surface area contributed by atoms with Gasteiger partial charge >= 0.3 is 0 Å². The van der Waals surface area contributed by atoms with Gasteiger partial charge in [0.1, 0.15) is 0 Å². The molecule has 6 heteroatoms. The Labute approximate surface area is 137 Å². The van der Waals surface area contributed by atoms with Gasteiger partial charge in [-0.2, -0.15) is 0 Å². The fourth-order valence-corrected chi connectivity index (χ4v) is 4.84. The quantitative estimate of drug-likeness (QED) is 0.654. The van der Waals surface area contributed by atoms with Crippen LogP contribution in [0.25, 0.3) is 0 Å². The van der Waals surface area contributed by atoms with Gasteiger partial charge < -0.3 is 5.32 Å². The molecule has 108 valence electrons. The van der Waals surface area contributed by atoms with E-state index in [9.17, 15) is 8.78 Å². The highest BCUT2D eigenvalue weighted by Gasteiger charge is 2.20. The van der Waals surface area contributed by atoms with Crippen molar-refractivity contribution in [2.24, 2.45) is 0 Å². The zero-order chi connectivity index (χ0) is 14.7. The number of nitrogens with one attached hydrogen (secondary N) is 1. The maximum atomic E-state index is 13.5. The van der Waals surface area contributed by atoms with E-state index in [1.54, 1.807) is 17.4 Å². The van der Waals surface area contributed by atoms with Gasteiger partial charge in [-0.15, -0.1) is 11.3 Å². The second kappa shape index (κ2) is 7.11. The molecule has 20 heavy (non-hydrogen) atoms. The van der Waals surface area contributed by atoms with Gasteiger partial charge in [0.2, 0.25) is 0 Å². The maximum Gasteiger partial charge on any atom is 0.159 e. The van der Waals surface area contributed by atoms with Gasteiger partial charge in [-0.25, -0.2) is 8.78 Å². The Morgan fingerprint density at radius 1 is 1.20 bits per heavy atom. The van der Waals surface area contributed by atoms with Crippen LogP contribution in [0.5, 0.6) is 0 Å². The summed E-state index contributed by atoms with van der Waals surface area (Å²) in [4.78, 5) is 0. The third-order valence-corrected chi connectivity index (χ3v) is 5.26. The number of benzene rings is 1. The van der Waals surface area contributed by atoms with Gasteiger partial charge in [0.25, 0.3) is 0 Å². The normalized spacial score (nSPS) is 12.7. The van der Waals surface area contributed by atoms with Crippen LogP contribution in [0.1, 0.15) is 30.5 Å². The van der Waals surface area contributed by atoms with Crippen LogP contribution in [0.4, 0.5) is 8.78 Å². The van der Waals surface area contributed by atoms with Gasteiger partial charge in [-0.3, -0.25) is 0 Å². The van der Waals surface area contributed by atoms with Crippen molar-refractivity contribution in [3.63, 3.8) is 0 Å². The molecule has 0 radical (unpaired) electrons. The summed E-state index contributed by atoms with van der Waals surface area (Å²) < 4.78 is 28.5. The first kappa shape index (κ1) is 16.1. The third kappa shape index (κ3) is 3.67. The number of halogens is 4. The van der Waals surface area contributed by atoms with E-state index in [4.69, 9.17) is 0 Å². The van der Waals surface area contributed by atoms with Crippen LogP contribution < -0.4 is 5.32 Å². The van der Waals surface area contributed by atoms with Crippen LogP contribution in [0.2, 0.25) is 0 Å². The molecule has 0 aliphatic rings. The van der Waals surface area contributed by atoms with E-state index in [0.29, 0.717) is 5.56 Å². The van der Waals surface area contributed by atoms with Crippen LogP contribution in [-0.4, -0.2) is 6.54 Å². The number of hydrogen-bond acceptors (Lipinski definition) is 2. The smallest absolute Gasteiger partial charge is 0.159 e. The first-order chi connectivity index (χ1) is 9.52. The molecule has 1 heterocycles. The molecule has 1 nitrogen and oxygen atoms in total. The lowest BCUT2D eigenvalue weighted by Crippen LogP contribution is -2.23. The highest BCUT2D eigenvalue weighted by molar-refractivity contribution is 9.12. The zero-order valence-corrected chi connectivity index (χ0v) is 14.7. The monoisotopic (exact) mass is 423 g/mol. The van der Waals surface area contributed by atoms with E-state index in [1.165, 1.54) is 12.1 Å². The fraction of sp³-hybridized carbons (Fsp3) is 0.286. The molecular weight excluding hydrogens is 412 g/mol. The molecule has 0 spiro atoms. The van der Waals surface area contributed by atoms with Crippen LogP contribution in [0, 0.1) is 11.6 Å². The summed E-state index contributed by atoms with van der Waals surface area (Å²) in [6.07, 6.45) is 0.961. The Bertz CT molecular complexity index is 601. The molecule has 0 saturated heterocycles. The fourth-order valence-electron chi connectivity index (χ4n) is 1.94. The van der Waals surface area contributed by atoms with Gasteiger partial charge in [-0.1, -0.05) is 13.0 Å². The van der Waals surface area contributed by atoms with E-state index in [1.807, 2.05) is 6.07 Å². The van der Waals surface area contributed by atoms with Crippen molar-refractivity contribution in [2.75, 3.05) is 6.54 Å². The molecule has 1 aromatic carbocycles. The van der Waals surface area contributed by atoms with Crippen LogP contribution in [-0.2, 0) is 0 Å². The molecule has 0 bridgehead atoms. The highest BCUT2D eigenvalue weighted by atomic mass is 79.9. The maximum absolute atomic E-state index is 13.5. The van der Waals surface area contributed by atoms with E-state index in [-0.39, 0.29) is 6.04 Å². The molecular formula is C14H13Br2F2NS. The second-order valence-electron chi connectivity index (χ2n) is 4.34. The Morgan fingerprint density at radius 2 is 1.95 bits per heavy atom. The molecule has 2 rings (SSSR count). The predicted octanol–water partition coefficient (Wildman–Crippen LogP) is 5.64. The number of rotatable bonds is 5. The van der Waals surface area contributed by atoms with Gasteiger partial charge in [0.05, 0.1) is 13.6 Å². The van der Waals surface area contributed by atoms with Crippen LogP contribution >= 0.6 is 43.2 Å². The van der Waals surface area contributed by atoms with Gasteiger partial charge in [0.15, 0.2) is 11.6 Å². The summed E-state index contributed by atoms with van der Waals surface area (Å²) in [7, 11) is 0. The minimum Gasteiger partial charge on any atom is -0.306 e. The summed E-state index contributed by atoms with van der Waals surface area (Å²) in [5.74, 6) is -1.65. The second-order valence-corrected chi connectivity index (χ2v) is 8.09. The van der Waals surface area contributed by atoms with E-state index in [0.717, 1.165) is 26.1 Å². The van der Waals surface area contributed by atoms with E-state index < -0.39 is 11.6 Å². The third-order valence-electron chi connectivity index (χ3n) is 2.87. The number of hydrogen-bond donors (Lipinski definition) is 1. The Hall–Kier alpha value is -0.300.